The molecule has 0 aliphatic heterocycles. The number of quaternary nitrogens is 1. The molecule has 130 valence electrons. The van der Waals surface area contributed by atoms with Gasteiger partial charge >= 0.3 is 0 Å². The fourth-order valence-corrected chi connectivity index (χ4v) is 3.77. The molecule has 2 N–H and O–H groups in total. The predicted molar refractivity (Wildman–Crippen MR) is 103 cm³/mol. The number of thiophene rings is 1. The number of rotatable bonds is 6. The van der Waals surface area contributed by atoms with E-state index in [0.717, 1.165) is 5.56 Å². The Morgan fingerprint density at radius 2 is 1.81 bits per heavy atom. The van der Waals surface area contributed by atoms with Crippen LogP contribution < -0.4 is 5.32 Å². The number of aryl methyl sites for hydroxylation is 1. The summed E-state index contributed by atoms with van der Waals surface area (Å²) in [5.41, 5.74) is 3.51. The van der Waals surface area contributed by atoms with Crippen LogP contribution in [0.4, 0.5) is 0 Å². The van der Waals surface area contributed by atoms with Gasteiger partial charge in [0.05, 0.1) is 4.88 Å². The van der Waals surface area contributed by atoms with Gasteiger partial charge in [0.2, 0.25) is 5.82 Å². The summed E-state index contributed by atoms with van der Waals surface area (Å²) in [6, 6.07) is 23.1. The van der Waals surface area contributed by atoms with Gasteiger partial charge in [0, 0.05) is 11.1 Å². The summed E-state index contributed by atoms with van der Waals surface area (Å²) < 4.78 is 5.45. The average molecular weight is 362 g/mol. The van der Waals surface area contributed by atoms with Crippen LogP contribution in [-0.4, -0.2) is 10.1 Å². The molecule has 1 atom stereocenters. The third-order valence-electron chi connectivity index (χ3n) is 4.31. The van der Waals surface area contributed by atoms with E-state index in [1.165, 1.54) is 16.0 Å². The first kappa shape index (κ1) is 16.7. The van der Waals surface area contributed by atoms with Gasteiger partial charge in [-0.2, -0.15) is 4.98 Å². The average Bonchev–Trinajstić information content (AvgIpc) is 3.36. The van der Waals surface area contributed by atoms with E-state index in [4.69, 9.17) is 4.52 Å². The van der Waals surface area contributed by atoms with E-state index >= 15 is 0 Å². The fourth-order valence-electron chi connectivity index (χ4n) is 2.92. The molecule has 0 bridgehead atoms. The van der Waals surface area contributed by atoms with Crippen LogP contribution in [-0.2, 0) is 6.54 Å². The van der Waals surface area contributed by atoms with Crippen molar-refractivity contribution in [3.05, 3.63) is 94.0 Å². The summed E-state index contributed by atoms with van der Waals surface area (Å²) in [7, 11) is 0. The van der Waals surface area contributed by atoms with E-state index in [2.05, 4.69) is 64.2 Å². The van der Waals surface area contributed by atoms with Gasteiger partial charge in [0.15, 0.2) is 6.54 Å². The molecule has 0 radical (unpaired) electrons. The summed E-state index contributed by atoms with van der Waals surface area (Å²) in [6.45, 7) is 2.74. The van der Waals surface area contributed by atoms with Gasteiger partial charge in [-0.05, 0) is 18.4 Å². The highest BCUT2D eigenvalue weighted by atomic mass is 32.1. The molecule has 4 aromatic rings. The Balaban J connectivity index is 1.52. The van der Waals surface area contributed by atoms with E-state index in [0.29, 0.717) is 18.3 Å². The van der Waals surface area contributed by atoms with Crippen LogP contribution >= 0.6 is 11.3 Å². The smallest absolute Gasteiger partial charge is 0.282 e. The van der Waals surface area contributed by atoms with E-state index < -0.39 is 0 Å². The van der Waals surface area contributed by atoms with E-state index in [9.17, 15) is 0 Å². The summed E-state index contributed by atoms with van der Waals surface area (Å²) in [6.07, 6.45) is 0. The zero-order valence-corrected chi connectivity index (χ0v) is 15.3. The monoisotopic (exact) mass is 362 g/mol. The van der Waals surface area contributed by atoms with Crippen LogP contribution in [0.25, 0.3) is 11.4 Å². The van der Waals surface area contributed by atoms with Gasteiger partial charge in [-0.3, -0.25) is 0 Å². The normalized spacial score (nSPS) is 12.2. The van der Waals surface area contributed by atoms with Crippen molar-refractivity contribution < 1.29 is 9.84 Å². The second kappa shape index (κ2) is 7.64. The first-order chi connectivity index (χ1) is 12.8. The summed E-state index contributed by atoms with van der Waals surface area (Å²) >= 11 is 1.77. The molecule has 0 aliphatic rings. The summed E-state index contributed by atoms with van der Waals surface area (Å²) in [5, 5.41) is 8.47. The molecular weight excluding hydrogens is 342 g/mol. The Labute approximate surface area is 156 Å². The molecule has 4 rings (SSSR count). The second-order valence-corrected chi connectivity index (χ2v) is 7.20. The van der Waals surface area contributed by atoms with Crippen LogP contribution in [0, 0.1) is 6.92 Å². The molecule has 2 aromatic carbocycles. The molecule has 4 nitrogen and oxygen atoms in total. The number of aromatic nitrogens is 2. The topological polar surface area (TPSA) is 55.5 Å². The van der Waals surface area contributed by atoms with E-state index in [-0.39, 0.29) is 6.04 Å². The zero-order chi connectivity index (χ0) is 17.8. The van der Waals surface area contributed by atoms with Crippen molar-refractivity contribution in [3.8, 4) is 11.4 Å². The second-order valence-electron chi connectivity index (χ2n) is 6.22. The molecule has 26 heavy (non-hydrogen) atoms. The minimum absolute atomic E-state index is 0.225. The Morgan fingerprint density at radius 3 is 2.54 bits per heavy atom. The lowest BCUT2D eigenvalue weighted by atomic mass is 10.0. The highest BCUT2D eigenvalue weighted by Crippen LogP contribution is 2.23. The van der Waals surface area contributed by atoms with Crippen molar-refractivity contribution >= 4 is 11.3 Å². The van der Waals surface area contributed by atoms with Crippen molar-refractivity contribution in [2.45, 2.75) is 19.5 Å². The van der Waals surface area contributed by atoms with Crippen LogP contribution in [0.3, 0.4) is 0 Å². The maximum absolute atomic E-state index is 5.45. The van der Waals surface area contributed by atoms with Crippen molar-refractivity contribution in [2.24, 2.45) is 0 Å². The number of hydrogen-bond donors (Lipinski definition) is 1. The standard InChI is InChI=1S/C21H19N3OS/c1-15-9-11-16(12-10-15)20(18-8-5-13-26-18)22-14-19-23-21(24-25-19)17-6-3-2-4-7-17/h2-13,20,22H,14H2,1H3/p+1/t20-/m1/s1. The SMILES string of the molecule is Cc1ccc([C@@H]([NH2+]Cc2nc(-c3ccccc3)no2)c2cccs2)cc1. The van der Waals surface area contributed by atoms with Crippen LogP contribution in [0.2, 0.25) is 0 Å². The molecule has 0 fully saturated rings. The number of benzene rings is 2. The molecule has 0 aliphatic carbocycles. The molecule has 5 heteroatoms. The van der Waals surface area contributed by atoms with Crippen molar-refractivity contribution in [2.75, 3.05) is 0 Å². The zero-order valence-electron chi connectivity index (χ0n) is 14.5. The predicted octanol–water partition coefficient (Wildman–Crippen LogP) is 3.96. The summed E-state index contributed by atoms with van der Waals surface area (Å²) in [5.74, 6) is 1.27. The minimum atomic E-state index is 0.225. The maximum Gasteiger partial charge on any atom is 0.282 e. The lowest BCUT2D eigenvalue weighted by Gasteiger charge is -2.14. The third kappa shape index (κ3) is 3.74. The van der Waals surface area contributed by atoms with Gasteiger partial charge in [-0.15, -0.1) is 11.3 Å². The molecule has 0 saturated carbocycles. The lowest BCUT2D eigenvalue weighted by Crippen LogP contribution is -2.83. The van der Waals surface area contributed by atoms with Crippen LogP contribution in [0.5, 0.6) is 0 Å². The molecule has 0 unspecified atom stereocenters. The van der Waals surface area contributed by atoms with Gasteiger partial charge in [-0.1, -0.05) is 71.4 Å². The largest absolute Gasteiger partial charge is 0.333 e. The lowest BCUT2D eigenvalue weighted by molar-refractivity contribution is -0.704. The Kier molecular flexibility index (Phi) is 4.91. The quantitative estimate of drug-likeness (QED) is 0.565. The van der Waals surface area contributed by atoms with Gasteiger partial charge < -0.3 is 9.84 Å². The van der Waals surface area contributed by atoms with Crippen LogP contribution in [0.15, 0.2) is 76.6 Å². The molecule has 2 aromatic heterocycles. The molecule has 0 spiro atoms. The first-order valence-electron chi connectivity index (χ1n) is 8.61. The van der Waals surface area contributed by atoms with Gasteiger partial charge in [-0.25, -0.2) is 0 Å². The van der Waals surface area contributed by atoms with Crippen molar-refractivity contribution in [1.29, 1.82) is 0 Å². The summed E-state index contributed by atoms with van der Waals surface area (Å²) in [4.78, 5) is 5.85. The van der Waals surface area contributed by atoms with E-state index in [1.807, 2.05) is 30.3 Å². The first-order valence-corrected chi connectivity index (χ1v) is 9.49. The highest BCUT2D eigenvalue weighted by molar-refractivity contribution is 7.10. The molecule has 0 amide bonds. The number of nitrogens with two attached hydrogens (primary N) is 1. The molecular formula is C21H20N3OS+. The number of hydrogen-bond acceptors (Lipinski definition) is 4. The van der Waals surface area contributed by atoms with E-state index in [1.54, 1.807) is 11.3 Å². The maximum atomic E-state index is 5.45. The highest BCUT2D eigenvalue weighted by Gasteiger charge is 2.20. The Bertz CT molecular complexity index is 947. The fraction of sp³-hybridized carbons (Fsp3) is 0.143. The van der Waals surface area contributed by atoms with Gasteiger partial charge in [0.1, 0.15) is 6.04 Å². The van der Waals surface area contributed by atoms with Crippen molar-refractivity contribution in [3.63, 3.8) is 0 Å². The molecule has 0 saturated heterocycles. The van der Waals surface area contributed by atoms with Crippen molar-refractivity contribution in [1.82, 2.24) is 10.1 Å². The third-order valence-corrected chi connectivity index (χ3v) is 5.27. The number of nitrogens with zero attached hydrogens (tertiary/aromatic N) is 2. The molecule has 2 heterocycles. The minimum Gasteiger partial charge on any atom is -0.333 e. The van der Waals surface area contributed by atoms with Crippen LogP contribution in [0.1, 0.15) is 27.9 Å². The Hall–Kier alpha value is -2.76. The van der Waals surface area contributed by atoms with Gasteiger partial charge in [0.25, 0.3) is 5.89 Å². The Morgan fingerprint density at radius 1 is 1.00 bits per heavy atom.